The molecule has 4 aromatic rings. The molecule has 0 fully saturated rings. The van der Waals surface area contributed by atoms with Crippen LogP contribution in [0.2, 0.25) is 0 Å². The molecule has 1 aliphatic heterocycles. The molecule has 7 nitrogen and oxygen atoms in total. The second kappa shape index (κ2) is 9.11. The summed E-state index contributed by atoms with van der Waals surface area (Å²) in [5, 5.41) is 11.1. The van der Waals surface area contributed by atoms with E-state index < -0.39 is 17.7 Å². The largest absolute Gasteiger partial charge is 0.503 e. The molecule has 2 aromatic carbocycles. The average molecular weight is 517 g/mol. The number of amides is 1. The number of thiazole rings is 1. The Morgan fingerprint density at radius 1 is 1.11 bits per heavy atom. The number of Topliss-reactive ketones (excluding diaryl/α,β-unsaturated/α-hetero) is 1. The van der Waals surface area contributed by atoms with Crippen LogP contribution in [0.5, 0.6) is 0 Å². The minimum Gasteiger partial charge on any atom is -0.503 e. The Labute approximate surface area is 220 Å². The summed E-state index contributed by atoms with van der Waals surface area (Å²) in [4.78, 5) is 36.8. The molecule has 0 spiro atoms. The van der Waals surface area contributed by atoms with Gasteiger partial charge in [-0.15, -0.1) is 0 Å². The lowest BCUT2D eigenvalue weighted by Crippen LogP contribution is -2.36. The lowest BCUT2D eigenvalue weighted by molar-refractivity contribution is -0.129. The molecule has 0 aliphatic carbocycles. The van der Waals surface area contributed by atoms with Crippen molar-refractivity contribution in [2.24, 2.45) is 0 Å². The first-order valence-corrected chi connectivity index (χ1v) is 13.2. The van der Waals surface area contributed by atoms with Gasteiger partial charge in [0, 0.05) is 18.8 Å². The second-order valence-corrected chi connectivity index (χ2v) is 11.9. The van der Waals surface area contributed by atoms with Crippen LogP contribution >= 0.6 is 11.3 Å². The van der Waals surface area contributed by atoms with Crippen molar-refractivity contribution >= 4 is 39.0 Å². The normalized spacial score (nSPS) is 16.7. The zero-order valence-corrected chi connectivity index (χ0v) is 22.9. The van der Waals surface area contributed by atoms with Crippen molar-refractivity contribution in [3.63, 3.8) is 0 Å². The Kier molecular flexibility index (Phi) is 6.20. The topological polar surface area (TPSA) is 78.2 Å². The Bertz CT molecular complexity index is 1550. The van der Waals surface area contributed by atoms with Gasteiger partial charge in [-0.25, -0.2) is 4.98 Å². The summed E-state index contributed by atoms with van der Waals surface area (Å²) in [7, 11) is 3.87. The van der Waals surface area contributed by atoms with Crippen molar-refractivity contribution in [2.45, 2.75) is 39.2 Å². The fourth-order valence-electron chi connectivity index (χ4n) is 4.93. The third-order valence-corrected chi connectivity index (χ3v) is 8.16. The number of hydrogen-bond donors (Lipinski definition) is 1. The molecule has 8 heteroatoms. The molecular weight excluding hydrogens is 484 g/mol. The fourth-order valence-corrected chi connectivity index (χ4v) is 6.03. The zero-order chi connectivity index (χ0) is 26.6. The molecule has 3 heterocycles. The molecule has 0 saturated heterocycles. The fraction of sp³-hybridized carbons (Fsp3) is 0.345. The van der Waals surface area contributed by atoms with Crippen LogP contribution < -0.4 is 0 Å². The summed E-state index contributed by atoms with van der Waals surface area (Å²) < 4.78 is 1.97. The number of carbonyl (C=O) groups excluding carboxylic acids is 2. The third kappa shape index (κ3) is 4.24. The van der Waals surface area contributed by atoms with Gasteiger partial charge in [-0.2, -0.15) is 0 Å². The lowest BCUT2D eigenvalue weighted by atomic mass is 9.85. The highest BCUT2D eigenvalue weighted by molar-refractivity contribution is 7.19. The van der Waals surface area contributed by atoms with E-state index in [0.29, 0.717) is 22.9 Å². The number of carbonyl (C=O) groups is 2. The van der Waals surface area contributed by atoms with Gasteiger partial charge in [0.2, 0.25) is 5.78 Å². The highest BCUT2D eigenvalue weighted by atomic mass is 32.1. The minimum absolute atomic E-state index is 0.0308. The first kappa shape index (κ1) is 25.2. The number of para-hydroxylation sites is 2. The van der Waals surface area contributed by atoms with E-state index in [1.807, 2.05) is 78.9 Å². The van der Waals surface area contributed by atoms with E-state index in [-0.39, 0.29) is 16.8 Å². The molecule has 192 valence electrons. The Morgan fingerprint density at radius 2 is 1.78 bits per heavy atom. The molecule has 1 N–H and O–H groups in total. The van der Waals surface area contributed by atoms with Crippen molar-refractivity contribution in [3.8, 4) is 0 Å². The smallest absolute Gasteiger partial charge is 0.290 e. The van der Waals surface area contributed by atoms with Gasteiger partial charge in [-0.1, -0.05) is 68.5 Å². The van der Waals surface area contributed by atoms with Crippen molar-refractivity contribution in [1.29, 1.82) is 0 Å². The molecule has 1 unspecified atom stereocenters. The molecule has 1 aliphatic rings. The summed E-state index contributed by atoms with van der Waals surface area (Å²) in [6, 6.07) is 15.1. The van der Waals surface area contributed by atoms with Gasteiger partial charge in [0.15, 0.2) is 10.7 Å². The molecule has 2 aromatic heterocycles. The number of aliphatic hydroxyl groups is 1. The van der Waals surface area contributed by atoms with Crippen LogP contribution in [0.1, 0.15) is 53.3 Å². The van der Waals surface area contributed by atoms with Gasteiger partial charge in [0.25, 0.3) is 5.91 Å². The molecule has 0 radical (unpaired) electrons. The number of aliphatic hydroxyl groups excluding tert-OH is 1. The number of benzene rings is 2. The number of likely N-dealkylation sites (N-methyl/N-ethyl adjacent to an activating group) is 1. The number of fused-ring (bicyclic) bond motifs is 3. The predicted octanol–water partition coefficient (Wildman–Crippen LogP) is 5.29. The first-order valence-electron chi connectivity index (χ1n) is 12.4. The summed E-state index contributed by atoms with van der Waals surface area (Å²) >= 11 is 1.29. The maximum Gasteiger partial charge on any atom is 0.290 e. The van der Waals surface area contributed by atoms with Crippen LogP contribution in [-0.2, 0) is 10.2 Å². The van der Waals surface area contributed by atoms with Crippen LogP contribution in [-0.4, -0.2) is 63.2 Å². The average Bonchev–Trinajstić information content (AvgIpc) is 3.46. The standard InChI is InChI=1S/C29H32N4O3S/c1-17-26(37-28-30-20-9-7-8-10-21(20)33(17)28)24(34)22-23(18-11-13-19(14-12-18)29(2,3)4)32(16-15-31(5)6)27(36)25(22)35/h7-14,23,35H,15-16H2,1-6H3. The zero-order valence-electron chi connectivity index (χ0n) is 22.1. The van der Waals surface area contributed by atoms with Gasteiger partial charge < -0.3 is 14.9 Å². The molecule has 5 rings (SSSR count). The summed E-state index contributed by atoms with van der Waals surface area (Å²) in [6.07, 6.45) is 0. The minimum atomic E-state index is -0.667. The Hall–Kier alpha value is -3.49. The van der Waals surface area contributed by atoms with Crippen molar-refractivity contribution in [1.82, 2.24) is 19.2 Å². The molecule has 0 bridgehead atoms. The van der Waals surface area contributed by atoms with Gasteiger partial charge in [0.05, 0.1) is 27.5 Å². The number of nitrogens with zero attached hydrogens (tertiary/aromatic N) is 4. The number of aryl methyl sites for hydroxylation is 1. The van der Waals surface area contributed by atoms with Crippen molar-refractivity contribution in [2.75, 3.05) is 27.2 Å². The van der Waals surface area contributed by atoms with E-state index in [0.717, 1.165) is 27.9 Å². The van der Waals surface area contributed by atoms with Gasteiger partial charge in [-0.05, 0) is 49.7 Å². The molecule has 0 saturated carbocycles. The number of aromatic nitrogens is 2. The number of hydrogen-bond acceptors (Lipinski definition) is 6. The lowest BCUT2D eigenvalue weighted by Gasteiger charge is -2.28. The second-order valence-electron chi connectivity index (χ2n) is 10.9. The van der Waals surface area contributed by atoms with Crippen LogP contribution in [0.4, 0.5) is 0 Å². The highest BCUT2D eigenvalue weighted by Crippen LogP contribution is 2.41. The Balaban J connectivity index is 1.61. The molecule has 37 heavy (non-hydrogen) atoms. The predicted molar refractivity (Wildman–Crippen MR) is 147 cm³/mol. The van der Waals surface area contributed by atoms with Crippen molar-refractivity contribution < 1.29 is 14.7 Å². The van der Waals surface area contributed by atoms with Crippen LogP contribution in [0.3, 0.4) is 0 Å². The first-order chi connectivity index (χ1) is 17.5. The molecular formula is C29H32N4O3S. The maximum absolute atomic E-state index is 14.1. The molecule has 1 amide bonds. The summed E-state index contributed by atoms with van der Waals surface area (Å²) in [5.74, 6) is -1.32. The SMILES string of the molecule is Cc1c(C(=O)C2=C(O)C(=O)N(CCN(C)C)C2c2ccc(C(C)(C)C)cc2)sc2nc3ccccc3n12. The van der Waals surface area contributed by atoms with E-state index in [2.05, 4.69) is 25.8 Å². The third-order valence-electron chi connectivity index (χ3n) is 7.02. The molecule has 1 atom stereocenters. The van der Waals surface area contributed by atoms with Gasteiger partial charge in [-0.3, -0.25) is 14.0 Å². The van der Waals surface area contributed by atoms with Gasteiger partial charge >= 0.3 is 0 Å². The van der Waals surface area contributed by atoms with E-state index in [9.17, 15) is 14.7 Å². The van der Waals surface area contributed by atoms with Gasteiger partial charge in [0.1, 0.15) is 0 Å². The Morgan fingerprint density at radius 3 is 2.43 bits per heavy atom. The number of rotatable bonds is 6. The number of ketones is 1. The highest BCUT2D eigenvalue weighted by Gasteiger charge is 2.44. The van der Waals surface area contributed by atoms with E-state index in [1.54, 1.807) is 4.90 Å². The van der Waals surface area contributed by atoms with E-state index in [4.69, 9.17) is 0 Å². The quantitative estimate of drug-likeness (QED) is 0.352. The van der Waals surface area contributed by atoms with E-state index >= 15 is 0 Å². The number of imidazole rings is 1. The summed E-state index contributed by atoms with van der Waals surface area (Å²) in [5.41, 5.74) is 4.59. The van der Waals surface area contributed by atoms with Crippen molar-refractivity contribution in [3.05, 3.63) is 81.6 Å². The maximum atomic E-state index is 14.1. The van der Waals surface area contributed by atoms with Crippen LogP contribution in [0.25, 0.3) is 16.0 Å². The van der Waals surface area contributed by atoms with E-state index in [1.165, 1.54) is 11.3 Å². The van der Waals surface area contributed by atoms with Crippen LogP contribution in [0, 0.1) is 6.92 Å². The van der Waals surface area contributed by atoms with Crippen LogP contribution in [0.15, 0.2) is 59.9 Å². The monoisotopic (exact) mass is 516 g/mol. The summed E-state index contributed by atoms with van der Waals surface area (Å²) in [6.45, 7) is 9.31.